The third-order valence-electron chi connectivity index (χ3n) is 2.93. The van der Waals surface area contributed by atoms with Crippen LogP contribution < -0.4 is 0 Å². The number of aromatic nitrogens is 3. The fourth-order valence-electron chi connectivity index (χ4n) is 1.89. The molecule has 0 aliphatic rings. The zero-order valence-electron chi connectivity index (χ0n) is 11.2. The van der Waals surface area contributed by atoms with Gasteiger partial charge < -0.3 is 0 Å². The Morgan fingerprint density at radius 1 is 1.23 bits per heavy atom. The highest BCUT2D eigenvalue weighted by Gasteiger charge is 2.08. The molecule has 0 spiro atoms. The number of nitrogens with zero attached hydrogens (tertiary/aromatic N) is 3. The summed E-state index contributed by atoms with van der Waals surface area (Å²) in [4.78, 5) is 0. The predicted octanol–water partition coefficient (Wildman–Crippen LogP) is 4.39. The summed E-state index contributed by atoms with van der Waals surface area (Å²) in [6, 6.07) is 13.8. The lowest BCUT2D eigenvalue weighted by atomic mass is 10.2. The molecule has 7 heteroatoms. The van der Waals surface area contributed by atoms with E-state index in [1.165, 1.54) is 16.8 Å². The van der Waals surface area contributed by atoms with Gasteiger partial charge in [0.05, 0.1) is 6.21 Å². The number of benzene rings is 2. The van der Waals surface area contributed by atoms with Crippen molar-refractivity contribution >= 4 is 34.4 Å². The summed E-state index contributed by atoms with van der Waals surface area (Å²) < 4.78 is 16.2. The van der Waals surface area contributed by atoms with Gasteiger partial charge in [0.1, 0.15) is 5.82 Å². The molecule has 1 heterocycles. The maximum Gasteiger partial charge on any atom is 0.216 e. The van der Waals surface area contributed by atoms with Crippen LogP contribution in [0.4, 0.5) is 4.39 Å². The highest BCUT2D eigenvalue weighted by Crippen LogP contribution is 2.18. The summed E-state index contributed by atoms with van der Waals surface area (Å²) in [5.74, 6) is 0.118. The first-order valence-corrected chi connectivity index (χ1v) is 7.57. The fourth-order valence-corrected chi connectivity index (χ4v) is 2.33. The number of H-pyrrole nitrogens is 1. The number of aromatic amines is 1. The Balaban J connectivity index is 1.99. The van der Waals surface area contributed by atoms with Crippen LogP contribution in [-0.4, -0.2) is 21.1 Å². The van der Waals surface area contributed by atoms with Gasteiger partial charge in [-0.05, 0) is 42.0 Å². The molecule has 0 bridgehead atoms. The first-order valence-electron chi connectivity index (χ1n) is 6.37. The van der Waals surface area contributed by atoms with E-state index >= 15 is 0 Å². The Labute approximate surface area is 139 Å². The minimum absolute atomic E-state index is 0.338. The summed E-state index contributed by atoms with van der Waals surface area (Å²) in [7, 11) is 0. The number of nitrogens with one attached hydrogen (secondary N) is 1. The van der Waals surface area contributed by atoms with Gasteiger partial charge in [-0.3, -0.25) is 0 Å². The van der Waals surface area contributed by atoms with Crippen LogP contribution >= 0.6 is 28.1 Å². The van der Waals surface area contributed by atoms with Crippen LogP contribution in [0.1, 0.15) is 5.56 Å². The molecule has 2 aromatic carbocycles. The van der Waals surface area contributed by atoms with E-state index in [1.807, 2.05) is 24.3 Å². The Morgan fingerprint density at radius 3 is 2.73 bits per heavy atom. The second-order valence-electron chi connectivity index (χ2n) is 4.47. The van der Waals surface area contributed by atoms with Gasteiger partial charge in [0.2, 0.25) is 4.77 Å². The molecule has 4 nitrogen and oxygen atoms in total. The van der Waals surface area contributed by atoms with Crippen LogP contribution in [0.2, 0.25) is 0 Å². The molecule has 0 radical (unpaired) electrons. The second-order valence-corrected chi connectivity index (χ2v) is 5.77. The standard InChI is InChI=1S/C15H10BrFN4S/c16-12-6-4-10(5-7-12)9-18-21-14(19-20-15(21)22)11-2-1-3-13(17)8-11/h1-9H,(H,20,22)/b18-9-. The Hall–Kier alpha value is -2.12. The molecule has 0 saturated carbocycles. The van der Waals surface area contributed by atoms with Crippen molar-refractivity contribution in [3.05, 3.63) is 69.2 Å². The van der Waals surface area contributed by atoms with Gasteiger partial charge in [0.15, 0.2) is 5.82 Å². The Bertz CT molecular complexity index is 883. The molecular weight excluding hydrogens is 367 g/mol. The van der Waals surface area contributed by atoms with Gasteiger partial charge in [-0.2, -0.15) is 14.9 Å². The molecule has 3 aromatic rings. The summed E-state index contributed by atoms with van der Waals surface area (Å²) in [5, 5.41) is 11.1. The molecule has 0 unspecified atom stereocenters. The Morgan fingerprint density at radius 2 is 2.00 bits per heavy atom. The molecule has 110 valence electrons. The van der Waals surface area contributed by atoms with Crippen molar-refractivity contribution in [2.24, 2.45) is 5.10 Å². The lowest BCUT2D eigenvalue weighted by Crippen LogP contribution is -1.95. The summed E-state index contributed by atoms with van der Waals surface area (Å²) in [5.41, 5.74) is 1.51. The van der Waals surface area contributed by atoms with Crippen LogP contribution in [0, 0.1) is 10.6 Å². The molecule has 1 N–H and O–H groups in total. The molecule has 3 rings (SSSR count). The van der Waals surface area contributed by atoms with Crippen LogP contribution in [0.3, 0.4) is 0 Å². The van der Waals surface area contributed by atoms with E-state index in [0.29, 0.717) is 16.2 Å². The van der Waals surface area contributed by atoms with Crippen molar-refractivity contribution in [3.63, 3.8) is 0 Å². The average Bonchev–Trinajstić information content (AvgIpc) is 2.88. The van der Waals surface area contributed by atoms with E-state index in [-0.39, 0.29) is 5.82 Å². The smallest absolute Gasteiger partial charge is 0.216 e. The number of hydrogen-bond donors (Lipinski definition) is 1. The van der Waals surface area contributed by atoms with E-state index in [0.717, 1.165) is 10.0 Å². The lowest BCUT2D eigenvalue weighted by molar-refractivity contribution is 0.628. The predicted molar refractivity (Wildman–Crippen MR) is 89.9 cm³/mol. The highest BCUT2D eigenvalue weighted by atomic mass is 79.9. The van der Waals surface area contributed by atoms with Crippen molar-refractivity contribution < 1.29 is 4.39 Å². The molecule has 0 aliphatic heterocycles. The number of hydrogen-bond acceptors (Lipinski definition) is 3. The van der Waals surface area contributed by atoms with E-state index in [9.17, 15) is 4.39 Å². The first kappa shape index (κ1) is 14.8. The molecule has 22 heavy (non-hydrogen) atoms. The van der Waals surface area contributed by atoms with E-state index in [2.05, 4.69) is 31.2 Å². The first-order chi connectivity index (χ1) is 10.6. The second kappa shape index (κ2) is 6.33. The zero-order valence-corrected chi connectivity index (χ0v) is 13.6. The van der Waals surface area contributed by atoms with Crippen molar-refractivity contribution in [1.29, 1.82) is 0 Å². The van der Waals surface area contributed by atoms with Gasteiger partial charge in [-0.25, -0.2) is 9.49 Å². The van der Waals surface area contributed by atoms with Crippen LogP contribution in [-0.2, 0) is 0 Å². The monoisotopic (exact) mass is 376 g/mol. The maximum atomic E-state index is 13.4. The van der Waals surface area contributed by atoms with Gasteiger partial charge in [-0.1, -0.05) is 40.2 Å². The van der Waals surface area contributed by atoms with Crippen molar-refractivity contribution in [2.45, 2.75) is 0 Å². The van der Waals surface area contributed by atoms with Gasteiger partial charge in [0.25, 0.3) is 0 Å². The molecule has 0 fully saturated rings. The largest absolute Gasteiger partial charge is 0.250 e. The van der Waals surface area contributed by atoms with E-state index in [4.69, 9.17) is 12.2 Å². The summed E-state index contributed by atoms with van der Waals surface area (Å²) in [6.07, 6.45) is 1.67. The summed E-state index contributed by atoms with van der Waals surface area (Å²) in [6.45, 7) is 0. The van der Waals surface area contributed by atoms with Crippen molar-refractivity contribution in [1.82, 2.24) is 14.9 Å². The van der Waals surface area contributed by atoms with Gasteiger partial charge in [-0.15, -0.1) is 0 Å². The normalized spacial score (nSPS) is 11.2. The topological polar surface area (TPSA) is 46.0 Å². The average molecular weight is 377 g/mol. The van der Waals surface area contributed by atoms with Crippen LogP contribution in [0.15, 0.2) is 58.1 Å². The highest BCUT2D eigenvalue weighted by molar-refractivity contribution is 9.10. The number of halogens is 2. The zero-order chi connectivity index (χ0) is 15.5. The number of rotatable bonds is 3. The lowest BCUT2D eigenvalue weighted by Gasteiger charge is -2.01. The third-order valence-corrected chi connectivity index (χ3v) is 3.72. The fraction of sp³-hybridized carbons (Fsp3) is 0. The van der Waals surface area contributed by atoms with Crippen LogP contribution in [0.5, 0.6) is 0 Å². The molecule has 0 aliphatic carbocycles. The van der Waals surface area contributed by atoms with Gasteiger partial charge >= 0.3 is 0 Å². The molecule has 0 saturated heterocycles. The van der Waals surface area contributed by atoms with E-state index in [1.54, 1.807) is 18.3 Å². The minimum atomic E-state index is -0.338. The SMILES string of the molecule is Fc1cccc(-c2n[nH]c(=S)n2/N=C\c2ccc(Br)cc2)c1. The summed E-state index contributed by atoms with van der Waals surface area (Å²) >= 11 is 8.55. The van der Waals surface area contributed by atoms with Crippen molar-refractivity contribution in [2.75, 3.05) is 0 Å². The van der Waals surface area contributed by atoms with E-state index < -0.39 is 0 Å². The third kappa shape index (κ3) is 3.20. The molecule has 1 aromatic heterocycles. The maximum absolute atomic E-state index is 13.4. The molecule has 0 amide bonds. The van der Waals surface area contributed by atoms with Crippen LogP contribution in [0.25, 0.3) is 11.4 Å². The molecule has 0 atom stereocenters. The quantitative estimate of drug-likeness (QED) is 0.544. The van der Waals surface area contributed by atoms with Gasteiger partial charge in [0, 0.05) is 10.0 Å². The molecular formula is C15H10BrFN4S. The minimum Gasteiger partial charge on any atom is -0.250 e. The Kier molecular flexibility index (Phi) is 4.26. The van der Waals surface area contributed by atoms with Crippen molar-refractivity contribution in [3.8, 4) is 11.4 Å².